The molecular formula is C21H21N5O2S2. The van der Waals surface area contributed by atoms with E-state index in [2.05, 4.69) is 27.7 Å². The smallest absolute Gasteiger partial charge is 0.259 e. The fourth-order valence-corrected chi connectivity index (χ4v) is 4.71. The van der Waals surface area contributed by atoms with Crippen LogP contribution in [0, 0.1) is 20.8 Å². The first-order valence-electron chi connectivity index (χ1n) is 9.33. The van der Waals surface area contributed by atoms with Crippen LogP contribution in [0.5, 0.6) is 0 Å². The normalized spacial score (nSPS) is 11.7. The summed E-state index contributed by atoms with van der Waals surface area (Å²) in [5.41, 5.74) is 3.07. The number of hydrogen-bond donors (Lipinski definition) is 1. The van der Waals surface area contributed by atoms with Crippen molar-refractivity contribution in [3.63, 3.8) is 0 Å². The molecule has 0 aliphatic rings. The van der Waals surface area contributed by atoms with Gasteiger partial charge in [0.05, 0.1) is 28.5 Å². The van der Waals surface area contributed by atoms with Crippen LogP contribution in [-0.2, 0) is 16.6 Å². The number of benzene rings is 2. The maximum absolute atomic E-state index is 13.5. The first-order chi connectivity index (χ1) is 14.3. The molecule has 4 aromatic rings. The van der Waals surface area contributed by atoms with E-state index in [0.717, 1.165) is 21.8 Å². The average molecular weight is 440 g/mol. The van der Waals surface area contributed by atoms with Crippen molar-refractivity contribution in [1.29, 1.82) is 0 Å². The zero-order valence-corrected chi connectivity index (χ0v) is 18.5. The quantitative estimate of drug-likeness (QED) is 0.479. The van der Waals surface area contributed by atoms with Crippen LogP contribution in [0.25, 0.3) is 5.78 Å². The third-order valence-corrected chi connectivity index (χ3v) is 7.28. The third-order valence-electron chi connectivity index (χ3n) is 4.84. The monoisotopic (exact) mass is 439 g/mol. The Balaban J connectivity index is 1.81. The van der Waals surface area contributed by atoms with E-state index in [0.29, 0.717) is 17.3 Å². The number of sulfonamides is 1. The summed E-state index contributed by atoms with van der Waals surface area (Å²) in [5, 5.41) is 4.49. The van der Waals surface area contributed by atoms with Gasteiger partial charge < -0.3 is 0 Å². The molecule has 4 rings (SSSR count). The van der Waals surface area contributed by atoms with Crippen LogP contribution in [0.1, 0.15) is 22.8 Å². The summed E-state index contributed by atoms with van der Waals surface area (Å²) < 4.78 is 29.9. The van der Waals surface area contributed by atoms with Gasteiger partial charge in [-0.1, -0.05) is 35.9 Å². The fraction of sp³-hybridized carbons (Fsp3) is 0.190. The predicted octanol–water partition coefficient (Wildman–Crippen LogP) is 3.73. The summed E-state index contributed by atoms with van der Waals surface area (Å²) >= 11 is 4.47. The maximum atomic E-state index is 13.5. The van der Waals surface area contributed by atoms with Crippen LogP contribution >= 0.6 is 12.6 Å². The molecule has 0 fully saturated rings. The molecule has 2 heterocycles. The summed E-state index contributed by atoms with van der Waals surface area (Å²) in [4.78, 5) is 9.81. The van der Waals surface area contributed by atoms with Gasteiger partial charge in [0, 0.05) is 4.90 Å². The molecule has 2 aromatic carbocycles. The molecule has 0 amide bonds. The second-order valence-corrected chi connectivity index (χ2v) is 9.34. The van der Waals surface area contributed by atoms with Crippen molar-refractivity contribution in [2.75, 3.05) is 4.31 Å². The van der Waals surface area contributed by atoms with Crippen LogP contribution in [0.2, 0.25) is 0 Å². The number of nitrogens with zero attached hydrogens (tertiary/aromatic N) is 5. The maximum Gasteiger partial charge on any atom is 0.264 e. The van der Waals surface area contributed by atoms with Crippen molar-refractivity contribution in [2.45, 2.75) is 37.1 Å². The SMILES string of the molecule is Cc1ccc(S(=O)(=O)N(Cc2nc3nc(C)c(S)c(C)n3n2)c2ccccc2)cc1. The molecule has 0 atom stereocenters. The molecule has 0 saturated heterocycles. The Morgan fingerprint density at radius 1 is 0.967 bits per heavy atom. The zero-order chi connectivity index (χ0) is 21.5. The Morgan fingerprint density at radius 3 is 2.30 bits per heavy atom. The molecule has 0 aliphatic carbocycles. The van der Waals surface area contributed by atoms with Crippen molar-refractivity contribution in [1.82, 2.24) is 19.6 Å². The van der Waals surface area contributed by atoms with Gasteiger partial charge in [0.1, 0.15) is 0 Å². The van der Waals surface area contributed by atoms with Gasteiger partial charge in [0.25, 0.3) is 15.8 Å². The van der Waals surface area contributed by atoms with E-state index in [-0.39, 0.29) is 11.4 Å². The van der Waals surface area contributed by atoms with Crippen LogP contribution in [-0.4, -0.2) is 28.0 Å². The van der Waals surface area contributed by atoms with E-state index in [1.165, 1.54) is 4.31 Å². The highest BCUT2D eigenvalue weighted by Crippen LogP contribution is 2.26. The van der Waals surface area contributed by atoms with E-state index in [1.807, 2.05) is 26.8 Å². The van der Waals surface area contributed by atoms with E-state index < -0.39 is 10.0 Å². The van der Waals surface area contributed by atoms with Gasteiger partial charge in [-0.25, -0.2) is 17.9 Å². The summed E-state index contributed by atoms with van der Waals surface area (Å²) in [6.45, 7) is 5.62. The molecule has 30 heavy (non-hydrogen) atoms. The number of thiol groups is 1. The third kappa shape index (κ3) is 3.66. The van der Waals surface area contributed by atoms with Gasteiger partial charge in [-0.2, -0.15) is 4.98 Å². The second-order valence-electron chi connectivity index (χ2n) is 7.03. The molecule has 7 nitrogen and oxygen atoms in total. The zero-order valence-electron chi connectivity index (χ0n) is 16.8. The summed E-state index contributed by atoms with van der Waals surface area (Å²) in [6, 6.07) is 15.7. The molecule has 0 bridgehead atoms. The minimum Gasteiger partial charge on any atom is -0.259 e. The van der Waals surface area contributed by atoms with Crippen LogP contribution in [0.4, 0.5) is 5.69 Å². The van der Waals surface area contributed by atoms with Gasteiger partial charge >= 0.3 is 0 Å². The Bertz CT molecular complexity index is 1320. The van der Waals surface area contributed by atoms with Gasteiger partial charge in [-0.3, -0.25) is 4.31 Å². The summed E-state index contributed by atoms with van der Waals surface area (Å²) in [6.07, 6.45) is 0. The summed E-state index contributed by atoms with van der Waals surface area (Å²) in [7, 11) is -3.82. The second kappa shape index (κ2) is 7.73. The van der Waals surface area contributed by atoms with Crippen molar-refractivity contribution < 1.29 is 8.42 Å². The van der Waals surface area contributed by atoms with E-state index >= 15 is 0 Å². The lowest BCUT2D eigenvalue weighted by Crippen LogP contribution is -2.31. The molecule has 2 aromatic heterocycles. The fourth-order valence-electron chi connectivity index (χ4n) is 3.15. The molecule has 0 saturated carbocycles. The molecular weight excluding hydrogens is 418 g/mol. The van der Waals surface area contributed by atoms with Gasteiger partial charge in [-0.05, 0) is 45.0 Å². The lowest BCUT2D eigenvalue weighted by atomic mass is 10.2. The topological polar surface area (TPSA) is 80.5 Å². The van der Waals surface area contributed by atoms with Crippen LogP contribution in [0.3, 0.4) is 0 Å². The van der Waals surface area contributed by atoms with Crippen molar-refractivity contribution >= 4 is 34.1 Å². The Hall–Kier alpha value is -2.91. The van der Waals surface area contributed by atoms with Gasteiger partial charge in [-0.15, -0.1) is 17.7 Å². The average Bonchev–Trinajstić information content (AvgIpc) is 3.14. The lowest BCUT2D eigenvalue weighted by Gasteiger charge is -2.23. The Kier molecular flexibility index (Phi) is 5.25. The molecule has 0 N–H and O–H groups in total. The lowest BCUT2D eigenvalue weighted by molar-refractivity contribution is 0.589. The van der Waals surface area contributed by atoms with Gasteiger partial charge in [0.15, 0.2) is 5.82 Å². The highest BCUT2D eigenvalue weighted by Gasteiger charge is 2.27. The van der Waals surface area contributed by atoms with Crippen molar-refractivity contribution in [3.8, 4) is 0 Å². The van der Waals surface area contributed by atoms with Crippen LogP contribution in [0.15, 0.2) is 64.4 Å². The first kappa shape index (κ1) is 20.4. The summed E-state index contributed by atoms with van der Waals surface area (Å²) in [5.74, 6) is 0.766. The largest absolute Gasteiger partial charge is 0.264 e. The number of hydrogen-bond acceptors (Lipinski definition) is 6. The number of aromatic nitrogens is 4. The number of para-hydroxylation sites is 1. The molecule has 0 spiro atoms. The van der Waals surface area contributed by atoms with E-state index in [1.54, 1.807) is 53.0 Å². The van der Waals surface area contributed by atoms with E-state index in [4.69, 9.17) is 0 Å². The number of fused-ring (bicyclic) bond motifs is 1. The van der Waals surface area contributed by atoms with Crippen LogP contribution < -0.4 is 4.31 Å². The number of aryl methyl sites for hydroxylation is 3. The Labute approximate surface area is 180 Å². The standard InChI is InChI=1S/C21H21N5O2S2/c1-14-9-11-18(12-10-14)30(27,28)25(17-7-5-4-6-8-17)13-19-23-21-22-15(2)20(29)16(3)26(21)24-19/h4-12,29H,13H2,1-3H3. The first-order valence-corrected chi connectivity index (χ1v) is 11.2. The molecule has 154 valence electrons. The molecule has 0 radical (unpaired) electrons. The minimum absolute atomic E-state index is 0.0238. The minimum atomic E-state index is -3.82. The van der Waals surface area contributed by atoms with Gasteiger partial charge in [0.2, 0.25) is 0 Å². The number of rotatable bonds is 5. The highest BCUT2D eigenvalue weighted by atomic mass is 32.2. The van der Waals surface area contributed by atoms with Crippen molar-refractivity contribution in [2.24, 2.45) is 0 Å². The molecule has 0 aliphatic heterocycles. The molecule has 9 heteroatoms. The van der Waals surface area contributed by atoms with E-state index in [9.17, 15) is 8.42 Å². The number of anilines is 1. The highest BCUT2D eigenvalue weighted by molar-refractivity contribution is 7.92. The Morgan fingerprint density at radius 2 is 1.63 bits per heavy atom. The predicted molar refractivity (Wildman–Crippen MR) is 118 cm³/mol. The molecule has 0 unspecified atom stereocenters. The van der Waals surface area contributed by atoms with Crippen molar-refractivity contribution in [3.05, 3.63) is 77.4 Å².